The van der Waals surface area contributed by atoms with Gasteiger partial charge in [0.05, 0.1) is 36.1 Å². The summed E-state index contributed by atoms with van der Waals surface area (Å²) >= 11 is 1.29. The minimum Gasteiger partial charge on any atom is -0.493 e. The van der Waals surface area contributed by atoms with E-state index in [1.54, 1.807) is 31.6 Å². The number of hydrogen-bond acceptors (Lipinski definition) is 8. The molecule has 1 unspecified atom stereocenters. The number of thiazole rings is 1. The van der Waals surface area contributed by atoms with Crippen LogP contribution in [0.4, 0.5) is 5.69 Å². The van der Waals surface area contributed by atoms with E-state index in [-0.39, 0.29) is 12.2 Å². The van der Waals surface area contributed by atoms with E-state index in [2.05, 4.69) is 4.99 Å². The van der Waals surface area contributed by atoms with Crippen LogP contribution in [0.5, 0.6) is 11.5 Å². The number of fused-ring (bicyclic) bond motifs is 1. The molecule has 1 aliphatic rings. The first kappa shape index (κ1) is 26.2. The van der Waals surface area contributed by atoms with Crippen LogP contribution in [0.2, 0.25) is 0 Å². The molecule has 1 aromatic heterocycles. The van der Waals surface area contributed by atoms with Gasteiger partial charge in [-0.25, -0.2) is 9.79 Å². The second-order valence-electron chi connectivity index (χ2n) is 8.60. The van der Waals surface area contributed by atoms with Gasteiger partial charge in [0.1, 0.15) is 6.04 Å². The lowest BCUT2D eigenvalue weighted by Crippen LogP contribution is -2.40. The van der Waals surface area contributed by atoms with Crippen molar-refractivity contribution in [3.63, 3.8) is 0 Å². The minimum atomic E-state index is -0.787. The maximum absolute atomic E-state index is 13.9. The molecule has 0 bridgehead atoms. The van der Waals surface area contributed by atoms with Gasteiger partial charge in [0, 0.05) is 25.3 Å². The number of ether oxygens (including phenoxy) is 3. The van der Waals surface area contributed by atoms with E-state index >= 15 is 0 Å². The minimum absolute atomic E-state index is 0.201. The first-order valence-electron chi connectivity index (χ1n) is 12.1. The third-order valence-electron chi connectivity index (χ3n) is 6.04. The number of para-hydroxylation sites is 1. The zero-order valence-corrected chi connectivity index (χ0v) is 22.7. The highest BCUT2D eigenvalue weighted by Gasteiger charge is 2.35. The van der Waals surface area contributed by atoms with Gasteiger partial charge in [0.25, 0.3) is 5.56 Å². The van der Waals surface area contributed by atoms with E-state index in [1.165, 1.54) is 11.3 Å². The van der Waals surface area contributed by atoms with E-state index in [1.807, 2.05) is 68.4 Å². The predicted molar refractivity (Wildman–Crippen MR) is 145 cm³/mol. The Balaban J connectivity index is 1.97. The third kappa shape index (κ3) is 5.04. The van der Waals surface area contributed by atoms with Crippen LogP contribution < -0.4 is 29.3 Å². The molecule has 0 N–H and O–H groups in total. The number of aromatic nitrogens is 1. The average molecular weight is 522 g/mol. The van der Waals surface area contributed by atoms with Crippen molar-refractivity contribution in [2.75, 3.05) is 39.3 Å². The zero-order chi connectivity index (χ0) is 26.7. The fourth-order valence-corrected chi connectivity index (χ4v) is 5.36. The van der Waals surface area contributed by atoms with Crippen LogP contribution in [-0.2, 0) is 9.53 Å². The van der Waals surface area contributed by atoms with Gasteiger partial charge in [0.15, 0.2) is 16.3 Å². The standard InChI is InChI=1S/C28H31N3O5S/c1-7-35-25-20(10-9-11-21(25)34-6)24-23(27(33)36-8-2)17(3)29-28-31(24)26(32)22(37-28)16-18-12-14-19(15-13-18)30(4)5/h9-16,24H,7-8H2,1-6H3/b22-16-. The van der Waals surface area contributed by atoms with E-state index in [9.17, 15) is 9.59 Å². The number of nitrogens with zero attached hydrogens (tertiary/aromatic N) is 3. The largest absolute Gasteiger partial charge is 0.493 e. The molecule has 4 rings (SSSR count). The van der Waals surface area contributed by atoms with Crippen LogP contribution in [0.3, 0.4) is 0 Å². The molecule has 37 heavy (non-hydrogen) atoms. The Labute approximate surface area is 219 Å². The van der Waals surface area contributed by atoms with Crippen molar-refractivity contribution in [3.05, 3.63) is 84.5 Å². The second kappa shape index (κ2) is 11.0. The molecule has 0 amide bonds. The van der Waals surface area contributed by atoms with Crippen LogP contribution in [0.1, 0.15) is 37.9 Å². The molecule has 9 heteroatoms. The smallest absolute Gasteiger partial charge is 0.338 e. The number of carbonyl (C=O) groups excluding carboxylic acids is 1. The molecular formula is C28H31N3O5S. The average Bonchev–Trinajstić information content (AvgIpc) is 3.18. The first-order valence-corrected chi connectivity index (χ1v) is 12.9. The summed E-state index contributed by atoms with van der Waals surface area (Å²) in [6.07, 6.45) is 1.85. The molecular weight excluding hydrogens is 490 g/mol. The quantitative estimate of drug-likeness (QED) is 0.423. The van der Waals surface area contributed by atoms with E-state index in [0.717, 1.165) is 11.3 Å². The Kier molecular flexibility index (Phi) is 7.83. The summed E-state index contributed by atoms with van der Waals surface area (Å²) in [5.41, 5.74) is 3.13. The second-order valence-corrected chi connectivity index (χ2v) is 9.61. The van der Waals surface area contributed by atoms with E-state index in [0.29, 0.717) is 44.3 Å². The van der Waals surface area contributed by atoms with Gasteiger partial charge in [-0.05, 0) is 50.6 Å². The van der Waals surface area contributed by atoms with Crippen molar-refractivity contribution in [2.45, 2.75) is 26.8 Å². The summed E-state index contributed by atoms with van der Waals surface area (Å²) in [5.74, 6) is 0.468. The molecule has 0 aliphatic carbocycles. The third-order valence-corrected chi connectivity index (χ3v) is 7.02. The van der Waals surface area contributed by atoms with Crippen LogP contribution in [-0.4, -0.2) is 45.0 Å². The number of anilines is 1. The number of carbonyl (C=O) groups is 1. The fraction of sp³-hybridized carbons (Fsp3) is 0.321. The van der Waals surface area contributed by atoms with Crippen LogP contribution in [0.25, 0.3) is 6.08 Å². The molecule has 2 heterocycles. The summed E-state index contributed by atoms with van der Waals surface area (Å²) in [4.78, 5) is 34.2. The first-order chi connectivity index (χ1) is 17.8. The van der Waals surface area contributed by atoms with E-state index < -0.39 is 12.0 Å². The Bertz CT molecular complexity index is 1520. The number of benzene rings is 2. The van der Waals surface area contributed by atoms with Gasteiger partial charge < -0.3 is 19.1 Å². The highest BCUT2D eigenvalue weighted by Crippen LogP contribution is 2.40. The number of esters is 1. The monoisotopic (exact) mass is 521 g/mol. The molecule has 0 saturated carbocycles. The van der Waals surface area contributed by atoms with Crippen LogP contribution in [0, 0.1) is 0 Å². The lowest BCUT2D eigenvalue weighted by Gasteiger charge is -2.26. The Morgan fingerprint density at radius 1 is 1.14 bits per heavy atom. The van der Waals surface area contributed by atoms with E-state index in [4.69, 9.17) is 14.2 Å². The highest BCUT2D eigenvalue weighted by molar-refractivity contribution is 7.07. The molecule has 1 atom stereocenters. The van der Waals surface area contributed by atoms with Crippen molar-refractivity contribution < 1.29 is 19.0 Å². The van der Waals surface area contributed by atoms with Crippen molar-refractivity contribution in [3.8, 4) is 11.5 Å². The Morgan fingerprint density at radius 2 is 1.86 bits per heavy atom. The number of allylic oxidation sites excluding steroid dienone is 1. The number of hydrogen-bond donors (Lipinski definition) is 0. The molecule has 0 fully saturated rings. The molecule has 0 saturated heterocycles. The summed E-state index contributed by atoms with van der Waals surface area (Å²) in [7, 11) is 5.51. The highest BCUT2D eigenvalue weighted by atomic mass is 32.1. The van der Waals surface area contributed by atoms with Gasteiger partial charge in [-0.15, -0.1) is 0 Å². The molecule has 2 aromatic carbocycles. The fourth-order valence-electron chi connectivity index (χ4n) is 4.31. The molecule has 0 spiro atoms. The van der Waals surface area contributed by atoms with Gasteiger partial charge in [-0.3, -0.25) is 9.36 Å². The molecule has 3 aromatic rings. The lowest BCUT2D eigenvalue weighted by atomic mass is 9.94. The van der Waals surface area contributed by atoms with Gasteiger partial charge in [-0.2, -0.15) is 0 Å². The van der Waals surface area contributed by atoms with Crippen molar-refractivity contribution in [1.82, 2.24) is 4.57 Å². The lowest BCUT2D eigenvalue weighted by molar-refractivity contribution is -0.139. The molecule has 0 radical (unpaired) electrons. The van der Waals surface area contributed by atoms with Gasteiger partial charge in [-0.1, -0.05) is 35.6 Å². The van der Waals surface area contributed by atoms with Gasteiger partial charge in [0.2, 0.25) is 0 Å². The van der Waals surface area contributed by atoms with Gasteiger partial charge >= 0.3 is 5.97 Å². The van der Waals surface area contributed by atoms with Crippen LogP contribution >= 0.6 is 11.3 Å². The molecule has 1 aliphatic heterocycles. The van der Waals surface area contributed by atoms with Crippen molar-refractivity contribution in [2.24, 2.45) is 4.99 Å². The Hall–Kier alpha value is -3.85. The maximum Gasteiger partial charge on any atom is 0.338 e. The van der Waals surface area contributed by atoms with Crippen LogP contribution in [0.15, 0.2) is 63.5 Å². The SMILES string of the molecule is CCOC(=O)C1=C(C)N=c2s/c(=C\c3ccc(N(C)C)cc3)c(=O)n2C1c1cccc(OC)c1OCC. The topological polar surface area (TPSA) is 82.4 Å². The van der Waals surface area contributed by atoms with Crippen molar-refractivity contribution in [1.29, 1.82) is 0 Å². The maximum atomic E-state index is 13.9. The molecule has 194 valence electrons. The van der Waals surface area contributed by atoms with Crippen molar-refractivity contribution >= 4 is 29.1 Å². The summed E-state index contributed by atoms with van der Waals surface area (Å²) < 4.78 is 19.0. The Morgan fingerprint density at radius 3 is 2.49 bits per heavy atom. The molecule has 8 nitrogen and oxygen atoms in total. The summed E-state index contributed by atoms with van der Waals surface area (Å²) in [6, 6.07) is 12.6. The summed E-state index contributed by atoms with van der Waals surface area (Å²) in [5, 5.41) is 0. The number of rotatable bonds is 8. The zero-order valence-electron chi connectivity index (χ0n) is 21.9. The summed E-state index contributed by atoms with van der Waals surface area (Å²) in [6.45, 7) is 5.96. The predicted octanol–water partition coefficient (Wildman–Crippen LogP) is 3.27. The normalized spacial score (nSPS) is 15.2. The number of methoxy groups -OCH3 is 1.